The van der Waals surface area contributed by atoms with Crippen molar-refractivity contribution in [2.24, 2.45) is 0 Å². The van der Waals surface area contributed by atoms with Gasteiger partial charge in [-0.1, -0.05) is 12.1 Å². The molecule has 1 heterocycles. The van der Waals surface area contributed by atoms with Crippen molar-refractivity contribution >= 4 is 5.69 Å². The topological polar surface area (TPSA) is 24.5 Å². The number of piperidine rings is 1. The first kappa shape index (κ1) is 11.3. The molecule has 1 N–H and O–H groups in total. The van der Waals surface area contributed by atoms with E-state index >= 15 is 0 Å². The number of ether oxygens (including phenoxy) is 1. The Morgan fingerprint density at radius 3 is 2.88 bits per heavy atom. The number of rotatable bonds is 3. The fourth-order valence-electron chi connectivity index (χ4n) is 2.28. The van der Waals surface area contributed by atoms with Gasteiger partial charge in [0, 0.05) is 19.6 Å². The van der Waals surface area contributed by atoms with E-state index in [0.717, 1.165) is 18.8 Å². The lowest BCUT2D eigenvalue weighted by Gasteiger charge is -2.34. The number of anilines is 1. The zero-order chi connectivity index (χ0) is 11.4. The molecule has 0 bridgehead atoms. The van der Waals surface area contributed by atoms with E-state index in [-0.39, 0.29) is 0 Å². The zero-order valence-corrected chi connectivity index (χ0v) is 10.1. The van der Waals surface area contributed by atoms with Crippen LogP contribution in [0.25, 0.3) is 0 Å². The number of hydrogen-bond acceptors (Lipinski definition) is 3. The van der Waals surface area contributed by atoms with Gasteiger partial charge in [-0.05, 0) is 31.5 Å². The lowest BCUT2D eigenvalue weighted by molar-refractivity contribution is 0.406. The largest absolute Gasteiger partial charge is 0.495 e. The second kappa shape index (κ2) is 5.21. The smallest absolute Gasteiger partial charge is 0.142 e. The van der Waals surface area contributed by atoms with Crippen molar-refractivity contribution in [1.82, 2.24) is 5.32 Å². The van der Waals surface area contributed by atoms with Gasteiger partial charge < -0.3 is 15.0 Å². The van der Waals surface area contributed by atoms with E-state index in [0.29, 0.717) is 6.04 Å². The molecule has 1 unspecified atom stereocenters. The fraction of sp³-hybridized carbons (Fsp3) is 0.538. The summed E-state index contributed by atoms with van der Waals surface area (Å²) in [6, 6.07) is 8.78. The standard InChI is InChI=1S/C13H20N2O/c1-15(11-6-5-9-14-10-11)12-7-3-4-8-13(12)16-2/h3-4,7-8,11,14H,5-6,9-10H2,1-2H3. The maximum atomic E-state index is 5.40. The number of nitrogens with one attached hydrogen (secondary N) is 1. The van der Waals surface area contributed by atoms with Crippen molar-refractivity contribution in [1.29, 1.82) is 0 Å². The Morgan fingerprint density at radius 2 is 2.19 bits per heavy atom. The molecule has 1 atom stereocenters. The predicted molar refractivity (Wildman–Crippen MR) is 67.3 cm³/mol. The molecule has 1 aliphatic rings. The van der Waals surface area contributed by atoms with Gasteiger partial charge in [0.2, 0.25) is 0 Å². The molecule has 0 aromatic heterocycles. The molecule has 1 saturated heterocycles. The number of methoxy groups -OCH3 is 1. The van der Waals surface area contributed by atoms with Crippen LogP contribution in [-0.4, -0.2) is 33.3 Å². The van der Waals surface area contributed by atoms with Crippen LogP contribution < -0.4 is 15.0 Å². The van der Waals surface area contributed by atoms with E-state index in [1.165, 1.54) is 18.5 Å². The first-order valence-electron chi connectivity index (χ1n) is 5.89. The molecule has 0 radical (unpaired) electrons. The highest BCUT2D eigenvalue weighted by molar-refractivity contribution is 5.58. The van der Waals surface area contributed by atoms with Crippen LogP contribution in [0.5, 0.6) is 5.75 Å². The lowest BCUT2D eigenvalue weighted by atomic mass is 10.1. The third-order valence-corrected chi connectivity index (χ3v) is 3.28. The van der Waals surface area contributed by atoms with E-state index < -0.39 is 0 Å². The molecule has 16 heavy (non-hydrogen) atoms. The minimum absolute atomic E-state index is 0.574. The Hall–Kier alpha value is -1.22. The fourth-order valence-corrected chi connectivity index (χ4v) is 2.28. The summed E-state index contributed by atoms with van der Waals surface area (Å²) in [5.74, 6) is 0.954. The molecule has 0 spiro atoms. The van der Waals surface area contributed by atoms with Gasteiger partial charge in [-0.25, -0.2) is 0 Å². The number of benzene rings is 1. The zero-order valence-electron chi connectivity index (χ0n) is 10.1. The Balaban J connectivity index is 2.15. The molecule has 0 amide bonds. The molecule has 2 rings (SSSR count). The minimum Gasteiger partial charge on any atom is -0.495 e. The first-order chi connectivity index (χ1) is 7.83. The van der Waals surface area contributed by atoms with Crippen molar-refractivity contribution in [3.63, 3.8) is 0 Å². The first-order valence-corrected chi connectivity index (χ1v) is 5.89. The van der Waals surface area contributed by atoms with Crippen molar-refractivity contribution in [2.45, 2.75) is 18.9 Å². The maximum absolute atomic E-state index is 5.40. The Bertz CT molecular complexity index is 334. The van der Waals surface area contributed by atoms with Crippen molar-refractivity contribution in [3.8, 4) is 5.75 Å². The maximum Gasteiger partial charge on any atom is 0.142 e. The van der Waals surface area contributed by atoms with Crippen molar-refractivity contribution < 1.29 is 4.74 Å². The summed E-state index contributed by atoms with van der Waals surface area (Å²) >= 11 is 0. The van der Waals surface area contributed by atoms with Crippen LogP contribution in [0.3, 0.4) is 0 Å². The highest BCUT2D eigenvalue weighted by atomic mass is 16.5. The Kier molecular flexibility index (Phi) is 3.67. The predicted octanol–water partition coefficient (Wildman–Crippen LogP) is 1.88. The average molecular weight is 220 g/mol. The van der Waals surface area contributed by atoms with E-state index in [1.54, 1.807) is 7.11 Å². The van der Waals surface area contributed by atoms with Gasteiger partial charge in [-0.15, -0.1) is 0 Å². The Labute approximate surface area is 97.4 Å². The molecule has 0 aliphatic carbocycles. The molecule has 0 saturated carbocycles. The second-order valence-electron chi connectivity index (χ2n) is 4.28. The van der Waals surface area contributed by atoms with Gasteiger partial charge in [-0.3, -0.25) is 0 Å². The van der Waals surface area contributed by atoms with Gasteiger partial charge in [0.1, 0.15) is 5.75 Å². The highest BCUT2D eigenvalue weighted by Crippen LogP contribution is 2.29. The van der Waals surface area contributed by atoms with Crippen LogP contribution in [0.2, 0.25) is 0 Å². The van der Waals surface area contributed by atoms with E-state index in [2.05, 4.69) is 29.4 Å². The SMILES string of the molecule is COc1ccccc1N(C)C1CCCNC1. The van der Waals surface area contributed by atoms with Crippen LogP contribution in [-0.2, 0) is 0 Å². The van der Waals surface area contributed by atoms with Gasteiger partial charge >= 0.3 is 0 Å². The minimum atomic E-state index is 0.574. The van der Waals surface area contributed by atoms with E-state index in [4.69, 9.17) is 4.74 Å². The number of para-hydroxylation sites is 2. The van der Waals surface area contributed by atoms with Gasteiger partial charge in [0.05, 0.1) is 12.8 Å². The van der Waals surface area contributed by atoms with E-state index in [9.17, 15) is 0 Å². The summed E-state index contributed by atoms with van der Waals surface area (Å²) in [6.45, 7) is 2.21. The summed E-state index contributed by atoms with van der Waals surface area (Å²) in [7, 11) is 3.88. The Morgan fingerprint density at radius 1 is 1.38 bits per heavy atom. The number of likely N-dealkylation sites (N-methyl/N-ethyl adjacent to an activating group) is 1. The molecule has 3 heteroatoms. The van der Waals surface area contributed by atoms with E-state index in [1.807, 2.05) is 12.1 Å². The molecular formula is C13H20N2O. The number of hydrogen-bond donors (Lipinski definition) is 1. The third-order valence-electron chi connectivity index (χ3n) is 3.28. The molecule has 1 fully saturated rings. The van der Waals surface area contributed by atoms with Crippen molar-refractivity contribution in [2.75, 3.05) is 32.1 Å². The normalized spacial score (nSPS) is 20.5. The molecule has 88 valence electrons. The van der Waals surface area contributed by atoms with Crippen molar-refractivity contribution in [3.05, 3.63) is 24.3 Å². The molecular weight excluding hydrogens is 200 g/mol. The van der Waals surface area contributed by atoms with Gasteiger partial charge in [-0.2, -0.15) is 0 Å². The molecule has 1 aliphatic heterocycles. The van der Waals surface area contributed by atoms with Crippen LogP contribution in [0.1, 0.15) is 12.8 Å². The summed E-state index contributed by atoms with van der Waals surface area (Å²) < 4.78 is 5.40. The second-order valence-corrected chi connectivity index (χ2v) is 4.28. The van der Waals surface area contributed by atoms with Gasteiger partial charge in [0.25, 0.3) is 0 Å². The quantitative estimate of drug-likeness (QED) is 0.842. The van der Waals surface area contributed by atoms with Crippen LogP contribution in [0, 0.1) is 0 Å². The summed E-state index contributed by atoms with van der Waals surface area (Å²) in [4.78, 5) is 2.32. The monoisotopic (exact) mass is 220 g/mol. The molecule has 3 nitrogen and oxygen atoms in total. The van der Waals surface area contributed by atoms with Crippen LogP contribution in [0.15, 0.2) is 24.3 Å². The average Bonchev–Trinajstić information content (AvgIpc) is 2.39. The summed E-state index contributed by atoms with van der Waals surface area (Å²) in [6.07, 6.45) is 2.51. The summed E-state index contributed by atoms with van der Waals surface area (Å²) in [5.41, 5.74) is 1.18. The molecule has 1 aromatic carbocycles. The van der Waals surface area contributed by atoms with Gasteiger partial charge in [0.15, 0.2) is 0 Å². The number of nitrogens with zero attached hydrogens (tertiary/aromatic N) is 1. The highest BCUT2D eigenvalue weighted by Gasteiger charge is 2.19. The molecule has 1 aromatic rings. The third kappa shape index (κ3) is 2.30. The van der Waals surface area contributed by atoms with Crippen LogP contribution >= 0.6 is 0 Å². The van der Waals surface area contributed by atoms with Crippen LogP contribution in [0.4, 0.5) is 5.69 Å². The lowest BCUT2D eigenvalue weighted by Crippen LogP contribution is -2.44. The summed E-state index contributed by atoms with van der Waals surface area (Å²) in [5, 5.41) is 3.44.